The minimum atomic E-state index is -0.299. The Kier molecular flexibility index (Phi) is 6.99. The van der Waals surface area contributed by atoms with Crippen LogP contribution in [0.5, 0.6) is 0 Å². The van der Waals surface area contributed by atoms with E-state index in [1.807, 2.05) is 0 Å². The fraction of sp³-hybridized carbons (Fsp3) is 0.0417. The first-order chi connectivity index (χ1) is 24.2. The van der Waals surface area contributed by atoms with Crippen molar-refractivity contribution in [3.8, 4) is 33.4 Å². The maximum atomic E-state index is 2.52. The van der Waals surface area contributed by atoms with Gasteiger partial charge in [0.2, 0.25) is 0 Å². The van der Waals surface area contributed by atoms with E-state index in [1.165, 1.54) is 66.5 Å². The molecule has 1 aliphatic rings. The number of nitrogens with zero attached hydrogens (tertiary/aromatic N) is 1. The number of hydrogen-bond acceptors (Lipinski definition) is 1. The van der Waals surface area contributed by atoms with Gasteiger partial charge in [-0.15, -0.1) is 0 Å². The lowest BCUT2D eigenvalue weighted by molar-refractivity contribution is 0.714. The van der Waals surface area contributed by atoms with E-state index >= 15 is 0 Å². The lowest BCUT2D eigenvalue weighted by Crippen LogP contribution is -2.22. The fourth-order valence-electron chi connectivity index (χ4n) is 8.07. The van der Waals surface area contributed by atoms with Gasteiger partial charge in [-0.3, -0.25) is 0 Å². The fourth-order valence-corrected chi connectivity index (χ4v) is 8.07. The summed E-state index contributed by atoms with van der Waals surface area (Å²) in [7, 11) is 0. The molecule has 0 fully saturated rings. The third-order valence-corrected chi connectivity index (χ3v) is 10.4. The zero-order valence-corrected chi connectivity index (χ0v) is 27.4. The molecule has 0 bridgehead atoms. The van der Waals surface area contributed by atoms with Crippen molar-refractivity contribution in [3.63, 3.8) is 0 Å². The summed E-state index contributed by atoms with van der Waals surface area (Å²) < 4.78 is 0. The Balaban J connectivity index is 1.37. The quantitative estimate of drug-likeness (QED) is 0.178. The SMILES string of the molecule is CC1(c2ccccc2)c2ccccc2-c2c(N(c3ccccc3-c3ccccc3-c3ccccc3)c3cccc4ccccc34)cccc21. The molecule has 8 aromatic rings. The van der Waals surface area contributed by atoms with Gasteiger partial charge in [-0.05, 0) is 69.5 Å². The summed E-state index contributed by atoms with van der Waals surface area (Å²) in [5.41, 5.74) is 14.5. The molecule has 0 N–H and O–H groups in total. The van der Waals surface area contributed by atoms with Crippen molar-refractivity contribution in [2.24, 2.45) is 0 Å². The molecule has 1 unspecified atom stereocenters. The Bertz CT molecular complexity index is 2460. The van der Waals surface area contributed by atoms with Gasteiger partial charge in [0, 0.05) is 21.9 Å². The summed E-state index contributed by atoms with van der Waals surface area (Å²) in [6.45, 7) is 2.39. The molecular weight excluding hydrogens is 591 g/mol. The lowest BCUT2D eigenvalue weighted by atomic mass is 9.74. The van der Waals surface area contributed by atoms with E-state index in [9.17, 15) is 0 Å². The topological polar surface area (TPSA) is 3.24 Å². The van der Waals surface area contributed by atoms with Gasteiger partial charge < -0.3 is 4.90 Å². The monoisotopic (exact) mass is 625 g/mol. The standard InChI is InChI=1S/C48H35N/c1-48(36-22-6-3-7-23-36)42-29-14-12-28-41(42)47-43(48)30-17-33-46(47)49(44-32-16-21-35-20-8-9-25-38(35)44)45-31-15-13-27-40(45)39-26-11-10-24-37(39)34-18-4-2-5-19-34/h2-33H,1H3. The highest BCUT2D eigenvalue weighted by atomic mass is 15.1. The van der Waals surface area contributed by atoms with E-state index in [2.05, 4.69) is 206 Å². The third kappa shape index (κ3) is 4.62. The Morgan fingerprint density at radius 3 is 1.71 bits per heavy atom. The smallest absolute Gasteiger partial charge is 0.0543 e. The molecule has 0 amide bonds. The lowest BCUT2D eigenvalue weighted by Gasteiger charge is -2.32. The van der Waals surface area contributed by atoms with Crippen molar-refractivity contribution in [2.45, 2.75) is 12.3 Å². The summed E-state index contributed by atoms with van der Waals surface area (Å²) >= 11 is 0. The van der Waals surface area contributed by atoms with E-state index in [0.29, 0.717) is 0 Å². The molecule has 0 saturated carbocycles. The van der Waals surface area contributed by atoms with Crippen molar-refractivity contribution >= 4 is 27.8 Å². The Hall–Kier alpha value is -6.18. The summed E-state index contributed by atoms with van der Waals surface area (Å²) in [4.78, 5) is 2.52. The van der Waals surface area contributed by atoms with Gasteiger partial charge in [-0.25, -0.2) is 0 Å². The number of fused-ring (bicyclic) bond motifs is 4. The maximum absolute atomic E-state index is 2.52. The molecule has 0 saturated heterocycles. The number of anilines is 3. The van der Waals surface area contributed by atoms with Crippen LogP contribution in [0.4, 0.5) is 17.1 Å². The summed E-state index contributed by atoms with van der Waals surface area (Å²) in [5, 5.41) is 2.43. The Morgan fingerprint density at radius 1 is 0.367 bits per heavy atom. The predicted molar refractivity (Wildman–Crippen MR) is 207 cm³/mol. The molecule has 0 aromatic heterocycles. The summed E-state index contributed by atoms with van der Waals surface area (Å²) in [5.74, 6) is 0. The van der Waals surface area contributed by atoms with Gasteiger partial charge in [-0.1, -0.05) is 176 Å². The van der Waals surface area contributed by atoms with Gasteiger partial charge in [0.25, 0.3) is 0 Å². The average molecular weight is 626 g/mol. The van der Waals surface area contributed by atoms with Crippen LogP contribution in [0.15, 0.2) is 194 Å². The van der Waals surface area contributed by atoms with Crippen molar-refractivity contribution < 1.29 is 0 Å². The molecule has 0 heterocycles. The Morgan fingerprint density at radius 2 is 0.898 bits per heavy atom. The van der Waals surface area contributed by atoms with Gasteiger partial charge in [0.1, 0.15) is 0 Å². The molecule has 1 nitrogen and oxygen atoms in total. The van der Waals surface area contributed by atoms with Crippen molar-refractivity contribution in [3.05, 3.63) is 211 Å². The predicted octanol–water partition coefficient (Wildman–Crippen LogP) is 13.0. The van der Waals surface area contributed by atoms with Gasteiger partial charge in [0.05, 0.1) is 17.1 Å². The molecule has 8 aromatic carbocycles. The molecule has 49 heavy (non-hydrogen) atoms. The van der Waals surface area contributed by atoms with Crippen LogP contribution in [0.1, 0.15) is 23.6 Å². The van der Waals surface area contributed by atoms with Crippen LogP contribution in [0.3, 0.4) is 0 Å². The number of rotatable bonds is 6. The second-order valence-electron chi connectivity index (χ2n) is 13.0. The second-order valence-corrected chi connectivity index (χ2v) is 13.0. The van der Waals surface area contributed by atoms with E-state index in [1.54, 1.807) is 0 Å². The number of hydrogen-bond donors (Lipinski definition) is 0. The molecule has 232 valence electrons. The Labute approximate surface area is 288 Å². The highest BCUT2D eigenvalue weighted by Gasteiger charge is 2.42. The molecule has 0 spiro atoms. The summed E-state index contributed by atoms with van der Waals surface area (Å²) in [6, 6.07) is 70.7. The zero-order chi connectivity index (χ0) is 32.8. The van der Waals surface area contributed by atoms with Crippen LogP contribution in [-0.4, -0.2) is 0 Å². The molecule has 9 rings (SSSR count). The van der Waals surface area contributed by atoms with Crippen LogP contribution in [-0.2, 0) is 5.41 Å². The highest BCUT2D eigenvalue weighted by molar-refractivity contribution is 6.05. The van der Waals surface area contributed by atoms with Gasteiger partial charge >= 0.3 is 0 Å². The normalized spacial score (nSPS) is 14.7. The van der Waals surface area contributed by atoms with E-state index in [4.69, 9.17) is 0 Å². The molecule has 1 heteroatoms. The molecular formula is C48H35N. The van der Waals surface area contributed by atoms with Crippen LogP contribution in [0.25, 0.3) is 44.2 Å². The van der Waals surface area contributed by atoms with Crippen molar-refractivity contribution in [2.75, 3.05) is 4.90 Å². The maximum Gasteiger partial charge on any atom is 0.0543 e. The highest BCUT2D eigenvalue weighted by Crippen LogP contribution is 2.57. The van der Waals surface area contributed by atoms with E-state index in [0.717, 1.165) is 11.4 Å². The molecule has 0 radical (unpaired) electrons. The van der Waals surface area contributed by atoms with Crippen molar-refractivity contribution in [1.82, 2.24) is 0 Å². The van der Waals surface area contributed by atoms with E-state index in [-0.39, 0.29) is 5.41 Å². The van der Waals surface area contributed by atoms with Gasteiger partial charge in [0.15, 0.2) is 0 Å². The van der Waals surface area contributed by atoms with Crippen LogP contribution in [0.2, 0.25) is 0 Å². The number of para-hydroxylation sites is 1. The largest absolute Gasteiger partial charge is 0.309 e. The third-order valence-electron chi connectivity index (χ3n) is 10.4. The van der Waals surface area contributed by atoms with Gasteiger partial charge in [-0.2, -0.15) is 0 Å². The zero-order valence-electron chi connectivity index (χ0n) is 27.4. The first-order valence-corrected chi connectivity index (χ1v) is 17.0. The molecule has 1 aliphatic carbocycles. The first kappa shape index (κ1) is 29.0. The molecule has 0 aliphatic heterocycles. The first-order valence-electron chi connectivity index (χ1n) is 17.0. The summed E-state index contributed by atoms with van der Waals surface area (Å²) in [6.07, 6.45) is 0. The van der Waals surface area contributed by atoms with Crippen LogP contribution in [0, 0.1) is 0 Å². The number of benzene rings is 8. The minimum absolute atomic E-state index is 0.299. The average Bonchev–Trinajstić information content (AvgIpc) is 3.45. The minimum Gasteiger partial charge on any atom is -0.309 e. The van der Waals surface area contributed by atoms with Crippen molar-refractivity contribution in [1.29, 1.82) is 0 Å². The van der Waals surface area contributed by atoms with E-state index < -0.39 is 0 Å². The van der Waals surface area contributed by atoms with Crippen LogP contribution >= 0.6 is 0 Å². The second kappa shape index (κ2) is 11.8. The van der Waals surface area contributed by atoms with Crippen LogP contribution < -0.4 is 4.90 Å². The molecule has 1 atom stereocenters.